The van der Waals surface area contributed by atoms with Crippen LogP contribution in [0.5, 0.6) is 5.75 Å². The lowest BCUT2D eigenvalue weighted by Crippen LogP contribution is -2.09. The van der Waals surface area contributed by atoms with Crippen LogP contribution in [-0.4, -0.2) is 17.4 Å². The molecule has 0 aliphatic carbocycles. The maximum Gasteiger partial charge on any atom is 0.296 e. The standard InChI is InChI=1S/C18H18N2O4/c1-3-24-15-9-10-16(17(12-15)20(22)23)19-18(21)11-8-14-6-4-13(2)5-7-14/h4-12H,3H2,1-2H3,(H,19,21). The SMILES string of the molecule is CCOc1ccc(NC(=O)C=Cc2ccc(C)cc2)c([N+](=O)[O-])c1. The van der Waals surface area contributed by atoms with Gasteiger partial charge in [0.2, 0.25) is 5.91 Å². The predicted molar refractivity (Wildman–Crippen MR) is 93.1 cm³/mol. The van der Waals surface area contributed by atoms with Gasteiger partial charge in [-0.25, -0.2) is 0 Å². The summed E-state index contributed by atoms with van der Waals surface area (Å²) in [5.74, 6) is -0.0553. The molecule has 6 nitrogen and oxygen atoms in total. The molecule has 0 bridgehead atoms. The highest BCUT2D eigenvalue weighted by molar-refractivity contribution is 6.03. The second-order valence-corrected chi connectivity index (χ2v) is 5.10. The molecule has 0 atom stereocenters. The molecular weight excluding hydrogens is 308 g/mol. The third-order valence-corrected chi connectivity index (χ3v) is 3.24. The van der Waals surface area contributed by atoms with E-state index in [1.54, 1.807) is 19.1 Å². The molecule has 0 radical (unpaired) electrons. The van der Waals surface area contributed by atoms with E-state index in [0.717, 1.165) is 11.1 Å². The third kappa shape index (κ3) is 4.67. The van der Waals surface area contributed by atoms with Crippen LogP contribution >= 0.6 is 0 Å². The van der Waals surface area contributed by atoms with Crippen molar-refractivity contribution >= 4 is 23.4 Å². The Morgan fingerprint density at radius 1 is 1.25 bits per heavy atom. The second kappa shape index (κ2) is 7.92. The molecule has 0 saturated carbocycles. The van der Waals surface area contributed by atoms with Crippen LogP contribution in [0.15, 0.2) is 48.5 Å². The lowest BCUT2D eigenvalue weighted by Gasteiger charge is -2.07. The summed E-state index contributed by atoms with van der Waals surface area (Å²) in [4.78, 5) is 22.6. The van der Waals surface area contributed by atoms with E-state index in [9.17, 15) is 14.9 Å². The Labute approximate surface area is 139 Å². The van der Waals surface area contributed by atoms with Crippen molar-refractivity contribution in [3.63, 3.8) is 0 Å². The largest absolute Gasteiger partial charge is 0.494 e. The summed E-state index contributed by atoms with van der Waals surface area (Å²) in [5.41, 5.74) is 1.92. The quantitative estimate of drug-likeness (QED) is 0.495. The number of aryl methyl sites for hydroxylation is 1. The molecule has 2 aromatic rings. The van der Waals surface area contributed by atoms with Gasteiger partial charge in [-0.15, -0.1) is 0 Å². The number of nitro groups is 1. The highest BCUT2D eigenvalue weighted by Crippen LogP contribution is 2.29. The molecule has 0 aliphatic rings. The van der Waals surface area contributed by atoms with Crippen molar-refractivity contribution in [2.45, 2.75) is 13.8 Å². The molecule has 0 unspecified atom stereocenters. The third-order valence-electron chi connectivity index (χ3n) is 3.24. The van der Waals surface area contributed by atoms with E-state index in [1.165, 1.54) is 18.2 Å². The Balaban J connectivity index is 2.13. The number of benzene rings is 2. The number of carbonyl (C=O) groups is 1. The van der Waals surface area contributed by atoms with Gasteiger partial charge in [-0.2, -0.15) is 0 Å². The molecule has 0 aliphatic heterocycles. The molecule has 2 aromatic carbocycles. The van der Waals surface area contributed by atoms with Crippen molar-refractivity contribution in [1.82, 2.24) is 0 Å². The predicted octanol–water partition coefficient (Wildman–Crippen LogP) is 3.95. The van der Waals surface area contributed by atoms with Gasteiger partial charge in [-0.05, 0) is 37.6 Å². The minimum Gasteiger partial charge on any atom is -0.494 e. The van der Waals surface area contributed by atoms with Crippen LogP contribution in [0, 0.1) is 17.0 Å². The fourth-order valence-corrected chi connectivity index (χ4v) is 2.05. The van der Waals surface area contributed by atoms with Gasteiger partial charge in [0.15, 0.2) is 0 Å². The van der Waals surface area contributed by atoms with Crippen molar-refractivity contribution < 1.29 is 14.5 Å². The molecule has 1 N–H and O–H groups in total. The minimum atomic E-state index is -0.554. The smallest absolute Gasteiger partial charge is 0.296 e. The highest BCUT2D eigenvalue weighted by Gasteiger charge is 2.16. The summed E-state index contributed by atoms with van der Waals surface area (Å²) < 4.78 is 5.24. The van der Waals surface area contributed by atoms with Crippen molar-refractivity contribution in [1.29, 1.82) is 0 Å². The number of amides is 1. The number of hydrogen-bond acceptors (Lipinski definition) is 4. The molecule has 0 spiro atoms. The topological polar surface area (TPSA) is 81.5 Å². The Hall–Kier alpha value is -3.15. The number of anilines is 1. The molecule has 6 heteroatoms. The van der Waals surface area contributed by atoms with Crippen LogP contribution in [0.2, 0.25) is 0 Å². The summed E-state index contributed by atoms with van der Waals surface area (Å²) >= 11 is 0. The van der Waals surface area contributed by atoms with Gasteiger partial charge < -0.3 is 10.1 Å². The Kier molecular flexibility index (Phi) is 5.68. The number of ether oxygens (including phenoxy) is 1. The van der Waals surface area contributed by atoms with Gasteiger partial charge in [0, 0.05) is 6.08 Å². The first kappa shape index (κ1) is 17.2. The number of nitro benzene ring substituents is 1. The Morgan fingerprint density at radius 2 is 1.96 bits per heavy atom. The maximum atomic E-state index is 12.0. The van der Waals surface area contributed by atoms with E-state index in [1.807, 2.05) is 31.2 Å². The summed E-state index contributed by atoms with van der Waals surface area (Å²) in [6, 6.07) is 12.0. The zero-order valence-corrected chi connectivity index (χ0v) is 13.5. The fourth-order valence-electron chi connectivity index (χ4n) is 2.05. The van der Waals surface area contributed by atoms with Gasteiger partial charge in [0.1, 0.15) is 11.4 Å². The lowest BCUT2D eigenvalue weighted by molar-refractivity contribution is -0.384. The van der Waals surface area contributed by atoms with Crippen LogP contribution < -0.4 is 10.1 Å². The summed E-state index contributed by atoms with van der Waals surface area (Å²) in [6.45, 7) is 4.17. The first-order chi connectivity index (χ1) is 11.5. The van der Waals surface area contributed by atoms with Gasteiger partial charge in [0.25, 0.3) is 5.69 Å². The number of nitrogens with one attached hydrogen (secondary N) is 1. The average Bonchev–Trinajstić information content (AvgIpc) is 2.56. The Bertz CT molecular complexity index is 767. The summed E-state index contributed by atoms with van der Waals surface area (Å²) in [5, 5.41) is 13.7. The van der Waals surface area contributed by atoms with Crippen LogP contribution in [0.1, 0.15) is 18.1 Å². The van der Waals surface area contributed by atoms with Crippen LogP contribution in [0.25, 0.3) is 6.08 Å². The molecule has 2 rings (SSSR count). The fraction of sp³-hybridized carbons (Fsp3) is 0.167. The Morgan fingerprint density at radius 3 is 2.58 bits per heavy atom. The number of hydrogen-bond donors (Lipinski definition) is 1. The van der Waals surface area contributed by atoms with E-state index >= 15 is 0 Å². The lowest BCUT2D eigenvalue weighted by atomic mass is 10.1. The monoisotopic (exact) mass is 326 g/mol. The first-order valence-corrected chi connectivity index (χ1v) is 7.46. The van der Waals surface area contributed by atoms with E-state index < -0.39 is 10.8 Å². The van der Waals surface area contributed by atoms with E-state index in [4.69, 9.17) is 4.74 Å². The number of carbonyl (C=O) groups excluding carboxylic acids is 1. The van der Waals surface area contributed by atoms with Gasteiger partial charge in [-0.1, -0.05) is 29.8 Å². The summed E-state index contributed by atoms with van der Waals surface area (Å²) in [6.07, 6.45) is 2.99. The minimum absolute atomic E-state index is 0.127. The van der Waals surface area contributed by atoms with Crippen LogP contribution in [-0.2, 0) is 4.79 Å². The first-order valence-electron chi connectivity index (χ1n) is 7.46. The molecule has 124 valence electrons. The van der Waals surface area contributed by atoms with Gasteiger partial charge in [-0.3, -0.25) is 14.9 Å². The number of nitrogens with zero attached hydrogens (tertiary/aromatic N) is 1. The van der Waals surface area contributed by atoms with Crippen molar-refractivity contribution in [3.8, 4) is 5.75 Å². The zero-order valence-electron chi connectivity index (χ0n) is 13.5. The normalized spacial score (nSPS) is 10.6. The van der Waals surface area contributed by atoms with Crippen molar-refractivity contribution in [3.05, 3.63) is 69.8 Å². The zero-order chi connectivity index (χ0) is 17.5. The second-order valence-electron chi connectivity index (χ2n) is 5.10. The van der Waals surface area contributed by atoms with Crippen molar-refractivity contribution in [2.75, 3.05) is 11.9 Å². The van der Waals surface area contributed by atoms with Gasteiger partial charge >= 0.3 is 0 Å². The molecule has 0 fully saturated rings. The van der Waals surface area contributed by atoms with E-state index in [0.29, 0.717) is 12.4 Å². The summed E-state index contributed by atoms with van der Waals surface area (Å²) in [7, 11) is 0. The molecule has 0 heterocycles. The van der Waals surface area contributed by atoms with Crippen LogP contribution in [0.4, 0.5) is 11.4 Å². The molecule has 24 heavy (non-hydrogen) atoms. The maximum absolute atomic E-state index is 12.0. The van der Waals surface area contributed by atoms with Crippen molar-refractivity contribution in [2.24, 2.45) is 0 Å². The highest BCUT2D eigenvalue weighted by atomic mass is 16.6. The molecule has 0 aromatic heterocycles. The van der Waals surface area contributed by atoms with Gasteiger partial charge in [0.05, 0.1) is 17.6 Å². The van der Waals surface area contributed by atoms with Crippen LogP contribution in [0.3, 0.4) is 0 Å². The molecular formula is C18H18N2O4. The molecule has 0 saturated heterocycles. The number of rotatable bonds is 6. The van der Waals surface area contributed by atoms with E-state index in [2.05, 4.69) is 5.32 Å². The average molecular weight is 326 g/mol. The van der Waals surface area contributed by atoms with E-state index in [-0.39, 0.29) is 11.4 Å². The molecule has 1 amide bonds.